The maximum atomic E-state index is 12.2. The zero-order valence-electron chi connectivity index (χ0n) is 12.4. The lowest BCUT2D eigenvalue weighted by molar-refractivity contribution is -0.116. The highest BCUT2D eigenvalue weighted by molar-refractivity contribution is 7.91. The van der Waals surface area contributed by atoms with Crippen LogP contribution in [0.3, 0.4) is 0 Å². The average molecular weight is 359 g/mol. The van der Waals surface area contributed by atoms with Gasteiger partial charge in [-0.05, 0) is 17.4 Å². The van der Waals surface area contributed by atoms with E-state index in [4.69, 9.17) is 0 Å². The van der Waals surface area contributed by atoms with Crippen LogP contribution in [-0.2, 0) is 14.8 Å². The number of thiazole rings is 1. The van der Waals surface area contributed by atoms with Crippen molar-refractivity contribution >= 4 is 43.7 Å². The second-order valence-electron chi connectivity index (χ2n) is 4.97. The number of nitrogens with one attached hydrogen (secondary N) is 1. The van der Waals surface area contributed by atoms with Crippen LogP contribution in [0.5, 0.6) is 0 Å². The van der Waals surface area contributed by atoms with Crippen molar-refractivity contribution in [1.82, 2.24) is 9.29 Å². The zero-order chi connectivity index (χ0) is 16.3. The Morgan fingerprint density at radius 2 is 2.14 bits per heavy atom. The van der Waals surface area contributed by atoms with E-state index in [1.54, 1.807) is 11.4 Å². The van der Waals surface area contributed by atoms with E-state index < -0.39 is 15.9 Å². The molecule has 0 saturated heterocycles. The van der Waals surface area contributed by atoms with E-state index in [2.05, 4.69) is 10.3 Å². The van der Waals surface area contributed by atoms with Crippen LogP contribution in [0.2, 0.25) is 0 Å². The predicted molar refractivity (Wildman–Crippen MR) is 89.0 cm³/mol. The van der Waals surface area contributed by atoms with Gasteiger partial charge < -0.3 is 5.32 Å². The highest BCUT2D eigenvalue weighted by atomic mass is 32.2. The van der Waals surface area contributed by atoms with Gasteiger partial charge in [-0.1, -0.05) is 19.9 Å². The fraction of sp³-hybridized carbons (Fsp3) is 0.385. The summed E-state index contributed by atoms with van der Waals surface area (Å²) in [4.78, 5) is 16.3. The first-order valence-corrected chi connectivity index (χ1v) is 9.75. The van der Waals surface area contributed by atoms with Crippen molar-refractivity contribution in [3.05, 3.63) is 28.6 Å². The van der Waals surface area contributed by atoms with Gasteiger partial charge in [0.25, 0.3) is 10.0 Å². The number of anilines is 1. The van der Waals surface area contributed by atoms with Crippen molar-refractivity contribution in [2.24, 2.45) is 0 Å². The van der Waals surface area contributed by atoms with E-state index in [9.17, 15) is 13.2 Å². The van der Waals surface area contributed by atoms with Crippen molar-refractivity contribution in [2.75, 3.05) is 18.9 Å². The second kappa shape index (κ2) is 6.86. The summed E-state index contributed by atoms with van der Waals surface area (Å²) in [5, 5.41) is 6.68. The third-order valence-electron chi connectivity index (χ3n) is 2.89. The molecule has 0 unspecified atom stereocenters. The largest absolute Gasteiger partial charge is 0.301 e. The Morgan fingerprint density at radius 1 is 1.41 bits per heavy atom. The summed E-state index contributed by atoms with van der Waals surface area (Å²) in [6.45, 7) is 3.78. The van der Waals surface area contributed by atoms with Gasteiger partial charge >= 0.3 is 0 Å². The number of hydrogen-bond donors (Lipinski definition) is 1. The summed E-state index contributed by atoms with van der Waals surface area (Å²) in [5.41, 5.74) is 0.903. The first kappa shape index (κ1) is 17.1. The number of carbonyl (C=O) groups is 1. The Labute approximate surface area is 137 Å². The molecule has 0 spiro atoms. The molecule has 0 bridgehead atoms. The molecule has 120 valence electrons. The van der Waals surface area contributed by atoms with E-state index in [0.29, 0.717) is 5.13 Å². The molecular formula is C13H17N3O3S3. The Kier molecular flexibility index (Phi) is 5.32. The van der Waals surface area contributed by atoms with Crippen LogP contribution in [-0.4, -0.2) is 37.2 Å². The fourth-order valence-electron chi connectivity index (χ4n) is 1.62. The number of hydrogen-bond acceptors (Lipinski definition) is 6. The molecular weight excluding hydrogens is 342 g/mol. The van der Waals surface area contributed by atoms with Crippen LogP contribution in [0.1, 0.15) is 25.5 Å². The van der Waals surface area contributed by atoms with Crippen LogP contribution in [0.15, 0.2) is 27.1 Å². The van der Waals surface area contributed by atoms with Gasteiger partial charge in [-0.2, -0.15) is 4.31 Å². The number of rotatable bonds is 6. The quantitative estimate of drug-likeness (QED) is 0.860. The summed E-state index contributed by atoms with van der Waals surface area (Å²) >= 11 is 2.45. The van der Waals surface area contributed by atoms with Crippen molar-refractivity contribution in [1.29, 1.82) is 0 Å². The lowest BCUT2D eigenvalue weighted by atomic mass is 10.2. The molecule has 0 atom stereocenters. The first-order valence-electron chi connectivity index (χ1n) is 6.56. The maximum Gasteiger partial charge on any atom is 0.252 e. The van der Waals surface area contributed by atoms with Gasteiger partial charge in [0.2, 0.25) is 5.91 Å². The van der Waals surface area contributed by atoms with Crippen molar-refractivity contribution < 1.29 is 13.2 Å². The molecule has 2 rings (SSSR count). The molecule has 2 aromatic rings. The monoisotopic (exact) mass is 359 g/mol. The smallest absolute Gasteiger partial charge is 0.252 e. The summed E-state index contributed by atoms with van der Waals surface area (Å²) in [5.74, 6) is -0.129. The van der Waals surface area contributed by atoms with Gasteiger partial charge in [-0.3, -0.25) is 4.79 Å². The summed E-state index contributed by atoms with van der Waals surface area (Å²) < 4.78 is 25.7. The van der Waals surface area contributed by atoms with Gasteiger partial charge in [0.15, 0.2) is 5.13 Å². The molecule has 2 aromatic heterocycles. The molecule has 0 aromatic carbocycles. The van der Waals surface area contributed by atoms with Gasteiger partial charge in [0, 0.05) is 12.4 Å². The van der Waals surface area contributed by atoms with Gasteiger partial charge in [-0.15, -0.1) is 22.7 Å². The van der Waals surface area contributed by atoms with Crippen LogP contribution in [0, 0.1) is 0 Å². The third-order valence-corrected chi connectivity index (χ3v) is 6.84. The highest BCUT2D eigenvalue weighted by Crippen LogP contribution is 2.22. The number of likely N-dealkylation sites (N-methyl/N-ethyl adjacent to an activating group) is 1. The lowest BCUT2D eigenvalue weighted by Gasteiger charge is -2.15. The topological polar surface area (TPSA) is 79.4 Å². The second-order valence-corrected chi connectivity index (χ2v) is 9.05. The number of carbonyl (C=O) groups excluding carboxylic acids is 1. The highest BCUT2D eigenvalue weighted by Gasteiger charge is 2.24. The van der Waals surface area contributed by atoms with Gasteiger partial charge in [0.1, 0.15) is 4.21 Å². The molecule has 0 saturated carbocycles. The maximum absolute atomic E-state index is 12.2. The standard InChI is InChI=1S/C13H17N3O3S3/c1-9(2)10-8-21-13(14-10)15-11(17)7-16(3)22(18,19)12-5-4-6-20-12/h4-6,8-9H,7H2,1-3H3,(H,14,15,17). The molecule has 2 heterocycles. The molecule has 0 radical (unpaired) electrons. The number of thiophene rings is 1. The van der Waals surface area contributed by atoms with Crippen LogP contribution in [0.4, 0.5) is 5.13 Å². The Hall–Kier alpha value is -1.29. The predicted octanol–water partition coefficient (Wildman–Crippen LogP) is 2.59. The summed E-state index contributed by atoms with van der Waals surface area (Å²) in [6, 6.07) is 3.18. The lowest BCUT2D eigenvalue weighted by Crippen LogP contribution is -2.34. The number of sulfonamides is 1. The van der Waals surface area contributed by atoms with Crippen LogP contribution in [0.25, 0.3) is 0 Å². The van der Waals surface area contributed by atoms with E-state index in [1.807, 2.05) is 19.2 Å². The molecule has 0 aliphatic rings. The Balaban J connectivity index is 1.99. The molecule has 6 nitrogen and oxygen atoms in total. The molecule has 0 aliphatic heterocycles. The zero-order valence-corrected chi connectivity index (χ0v) is 14.9. The van der Waals surface area contributed by atoms with E-state index >= 15 is 0 Å². The van der Waals surface area contributed by atoms with Crippen LogP contribution < -0.4 is 5.32 Å². The number of amides is 1. The van der Waals surface area contributed by atoms with Gasteiger partial charge in [-0.25, -0.2) is 13.4 Å². The minimum Gasteiger partial charge on any atom is -0.301 e. The van der Waals surface area contributed by atoms with E-state index in [-0.39, 0.29) is 16.7 Å². The number of aromatic nitrogens is 1. The van der Waals surface area contributed by atoms with E-state index in [1.165, 1.54) is 24.5 Å². The molecule has 1 amide bonds. The van der Waals surface area contributed by atoms with Crippen molar-refractivity contribution in [3.8, 4) is 0 Å². The average Bonchev–Trinajstić information content (AvgIpc) is 3.09. The summed E-state index contributed by atoms with van der Waals surface area (Å²) in [7, 11) is -2.23. The number of nitrogens with zero attached hydrogens (tertiary/aromatic N) is 2. The molecule has 0 fully saturated rings. The van der Waals surface area contributed by atoms with Crippen LogP contribution >= 0.6 is 22.7 Å². The third kappa shape index (κ3) is 3.92. The minimum atomic E-state index is -3.62. The Morgan fingerprint density at radius 3 is 2.68 bits per heavy atom. The van der Waals surface area contributed by atoms with Gasteiger partial charge in [0.05, 0.1) is 12.2 Å². The molecule has 0 aliphatic carbocycles. The normalized spacial score (nSPS) is 12.0. The SMILES string of the molecule is CC(C)c1csc(NC(=O)CN(C)S(=O)(=O)c2cccs2)n1. The van der Waals surface area contributed by atoms with Crippen molar-refractivity contribution in [3.63, 3.8) is 0 Å². The Bertz CT molecular complexity index is 736. The molecule has 22 heavy (non-hydrogen) atoms. The molecule has 9 heteroatoms. The molecule has 1 N–H and O–H groups in total. The minimum absolute atomic E-state index is 0.221. The fourth-order valence-corrected chi connectivity index (χ4v) is 4.83. The first-order chi connectivity index (χ1) is 10.3. The van der Waals surface area contributed by atoms with Crippen molar-refractivity contribution in [2.45, 2.75) is 24.0 Å². The van der Waals surface area contributed by atoms with E-state index in [0.717, 1.165) is 21.3 Å². The summed E-state index contributed by atoms with van der Waals surface area (Å²) in [6.07, 6.45) is 0.